The number of amides is 2. The van der Waals surface area contributed by atoms with E-state index in [-0.39, 0.29) is 11.8 Å². The number of carbonyl (C=O) groups excluding carboxylic acids is 2. The zero-order valence-corrected chi connectivity index (χ0v) is 13.5. The molecule has 0 radical (unpaired) electrons. The molecule has 5 heteroatoms. The van der Waals surface area contributed by atoms with Gasteiger partial charge in [-0.1, -0.05) is 6.07 Å². The number of carbonyl (C=O) groups is 2. The van der Waals surface area contributed by atoms with Crippen LogP contribution in [0, 0.1) is 0 Å². The molecule has 2 aliphatic rings. The number of imide groups is 1. The summed E-state index contributed by atoms with van der Waals surface area (Å²) in [6.45, 7) is 0. The lowest BCUT2D eigenvalue weighted by atomic mass is 9.93. The number of benzene rings is 2. The van der Waals surface area contributed by atoms with Gasteiger partial charge in [-0.2, -0.15) is 0 Å². The fraction of sp³-hybridized carbons (Fsp3) is 0.263. The third kappa shape index (κ3) is 1.40. The highest BCUT2D eigenvalue weighted by Crippen LogP contribution is 2.44. The van der Waals surface area contributed by atoms with Gasteiger partial charge < -0.3 is 9.72 Å². The predicted molar refractivity (Wildman–Crippen MR) is 90.8 cm³/mol. The molecule has 0 atom stereocenters. The highest BCUT2D eigenvalue weighted by atomic mass is 16.5. The first kappa shape index (κ1) is 13.6. The number of rotatable bonds is 1. The molecule has 5 nitrogen and oxygen atoms in total. The summed E-state index contributed by atoms with van der Waals surface area (Å²) in [5.74, 6) is 0.314. The Bertz CT molecular complexity index is 1080. The Balaban J connectivity index is 2.08. The van der Waals surface area contributed by atoms with Crippen molar-refractivity contribution in [3.8, 4) is 5.75 Å². The normalized spacial score (nSPS) is 16.3. The molecule has 1 aliphatic carbocycles. The molecular weight excluding hydrogens is 304 g/mol. The molecule has 2 amide bonds. The van der Waals surface area contributed by atoms with Crippen LogP contribution in [0.1, 0.15) is 38.3 Å². The fourth-order valence-electron chi connectivity index (χ4n) is 4.31. The molecule has 24 heavy (non-hydrogen) atoms. The topological polar surface area (TPSA) is 62.4 Å². The number of aromatic nitrogens is 1. The van der Waals surface area contributed by atoms with Crippen LogP contribution < -0.4 is 4.74 Å². The molecule has 0 unspecified atom stereocenters. The van der Waals surface area contributed by atoms with Crippen LogP contribution in [0.25, 0.3) is 21.8 Å². The van der Waals surface area contributed by atoms with E-state index in [1.54, 1.807) is 14.2 Å². The standard InChI is InChI=1S/C19H16N2O3/c1-21-18(22)13-9-5-3-6-10(9)17-15(16(13)19(21)23)14-11(20-17)7-4-8-12(14)24-2/h4,7-8,20H,3,5-6H2,1-2H3. The minimum absolute atomic E-state index is 0.181. The van der Waals surface area contributed by atoms with Gasteiger partial charge >= 0.3 is 0 Å². The number of nitrogens with zero attached hydrogens (tertiary/aromatic N) is 1. The quantitative estimate of drug-likeness (QED) is 0.701. The number of methoxy groups -OCH3 is 1. The van der Waals surface area contributed by atoms with Crippen LogP contribution >= 0.6 is 0 Å². The molecule has 3 aromatic rings. The van der Waals surface area contributed by atoms with E-state index in [1.165, 1.54) is 10.5 Å². The lowest BCUT2D eigenvalue weighted by Gasteiger charge is -2.08. The van der Waals surface area contributed by atoms with Gasteiger partial charge in [-0.3, -0.25) is 14.5 Å². The maximum absolute atomic E-state index is 12.8. The molecule has 1 aromatic heterocycles. The van der Waals surface area contributed by atoms with Gasteiger partial charge in [0.1, 0.15) is 5.75 Å². The summed E-state index contributed by atoms with van der Waals surface area (Å²) in [4.78, 5) is 30.2. The smallest absolute Gasteiger partial charge is 0.262 e. The van der Waals surface area contributed by atoms with Gasteiger partial charge in [-0.25, -0.2) is 0 Å². The summed E-state index contributed by atoms with van der Waals surface area (Å²) in [7, 11) is 3.18. The van der Waals surface area contributed by atoms with Crippen molar-refractivity contribution in [3.63, 3.8) is 0 Å². The van der Waals surface area contributed by atoms with Crippen molar-refractivity contribution in [2.75, 3.05) is 14.2 Å². The molecule has 1 aliphatic heterocycles. The zero-order valence-electron chi connectivity index (χ0n) is 13.5. The van der Waals surface area contributed by atoms with E-state index in [0.29, 0.717) is 16.9 Å². The van der Waals surface area contributed by atoms with E-state index in [2.05, 4.69) is 4.98 Å². The minimum Gasteiger partial charge on any atom is -0.496 e. The first-order chi connectivity index (χ1) is 11.6. The van der Waals surface area contributed by atoms with Crippen molar-refractivity contribution in [1.29, 1.82) is 0 Å². The molecule has 5 rings (SSSR count). The molecule has 0 saturated heterocycles. The average molecular weight is 320 g/mol. The van der Waals surface area contributed by atoms with E-state index >= 15 is 0 Å². The van der Waals surface area contributed by atoms with Gasteiger partial charge in [-0.15, -0.1) is 0 Å². The Morgan fingerprint density at radius 3 is 2.58 bits per heavy atom. The number of nitrogens with one attached hydrogen (secondary N) is 1. The largest absolute Gasteiger partial charge is 0.496 e. The van der Waals surface area contributed by atoms with Gasteiger partial charge in [0.15, 0.2) is 0 Å². The Hall–Kier alpha value is -2.82. The molecular formula is C19H16N2O3. The van der Waals surface area contributed by atoms with Gasteiger partial charge in [0.2, 0.25) is 0 Å². The Labute approximate surface area is 138 Å². The lowest BCUT2D eigenvalue weighted by Crippen LogP contribution is -2.24. The monoisotopic (exact) mass is 320 g/mol. The SMILES string of the molecule is COc1cccc2[nH]c3c4c(c5c(c3c12)C(=O)N(C)C5=O)CCC4. The second kappa shape index (κ2) is 4.38. The van der Waals surface area contributed by atoms with Gasteiger partial charge in [0.05, 0.1) is 34.7 Å². The van der Waals surface area contributed by atoms with Crippen LogP contribution in [0.3, 0.4) is 0 Å². The van der Waals surface area contributed by atoms with Crippen LogP contribution in [0.4, 0.5) is 0 Å². The van der Waals surface area contributed by atoms with Crippen molar-refractivity contribution in [2.24, 2.45) is 0 Å². The number of fused-ring (bicyclic) bond motifs is 8. The Morgan fingerprint density at radius 2 is 1.79 bits per heavy atom. The zero-order chi connectivity index (χ0) is 16.6. The number of ether oxygens (including phenoxy) is 1. The van der Waals surface area contributed by atoms with Crippen LogP contribution in [0.15, 0.2) is 18.2 Å². The van der Waals surface area contributed by atoms with Gasteiger partial charge in [-0.05, 0) is 42.5 Å². The number of hydrogen-bond donors (Lipinski definition) is 1. The van der Waals surface area contributed by atoms with Crippen molar-refractivity contribution < 1.29 is 14.3 Å². The first-order valence-corrected chi connectivity index (χ1v) is 8.12. The first-order valence-electron chi connectivity index (χ1n) is 8.12. The highest BCUT2D eigenvalue weighted by Gasteiger charge is 2.40. The highest BCUT2D eigenvalue weighted by molar-refractivity contribution is 6.31. The number of aromatic amines is 1. The van der Waals surface area contributed by atoms with Crippen LogP contribution in [0.5, 0.6) is 5.75 Å². The number of H-pyrrole nitrogens is 1. The second-order valence-corrected chi connectivity index (χ2v) is 6.49. The molecule has 1 N–H and O–H groups in total. The molecule has 2 heterocycles. The number of aryl methyl sites for hydroxylation is 1. The maximum atomic E-state index is 12.8. The van der Waals surface area contributed by atoms with Crippen molar-refractivity contribution in [2.45, 2.75) is 19.3 Å². The summed E-state index contributed by atoms with van der Waals surface area (Å²) in [5.41, 5.74) is 5.28. The lowest BCUT2D eigenvalue weighted by molar-refractivity contribution is 0.0693. The predicted octanol–water partition coefficient (Wildman–Crippen LogP) is 3.04. The summed E-state index contributed by atoms with van der Waals surface area (Å²) in [6, 6.07) is 5.80. The van der Waals surface area contributed by atoms with Crippen molar-refractivity contribution in [3.05, 3.63) is 40.5 Å². The van der Waals surface area contributed by atoms with E-state index < -0.39 is 0 Å². The molecule has 0 saturated carbocycles. The summed E-state index contributed by atoms with van der Waals surface area (Å²) in [5, 5.41) is 1.72. The summed E-state index contributed by atoms with van der Waals surface area (Å²) < 4.78 is 5.53. The third-order valence-electron chi connectivity index (χ3n) is 5.36. The molecule has 0 spiro atoms. The maximum Gasteiger partial charge on any atom is 0.262 e. The van der Waals surface area contributed by atoms with E-state index in [1.807, 2.05) is 18.2 Å². The minimum atomic E-state index is -0.221. The van der Waals surface area contributed by atoms with Gasteiger partial charge in [0, 0.05) is 12.4 Å². The summed E-state index contributed by atoms with van der Waals surface area (Å²) in [6.07, 6.45) is 2.80. The molecule has 0 fully saturated rings. The van der Waals surface area contributed by atoms with E-state index in [0.717, 1.165) is 46.6 Å². The Morgan fingerprint density at radius 1 is 1.04 bits per heavy atom. The summed E-state index contributed by atoms with van der Waals surface area (Å²) >= 11 is 0. The van der Waals surface area contributed by atoms with Crippen molar-refractivity contribution >= 4 is 33.6 Å². The Kier molecular flexibility index (Phi) is 2.48. The van der Waals surface area contributed by atoms with Crippen LogP contribution in [-0.2, 0) is 12.8 Å². The van der Waals surface area contributed by atoms with E-state index in [9.17, 15) is 9.59 Å². The third-order valence-corrected chi connectivity index (χ3v) is 5.36. The molecule has 2 aromatic carbocycles. The van der Waals surface area contributed by atoms with Crippen molar-refractivity contribution in [1.82, 2.24) is 9.88 Å². The fourth-order valence-corrected chi connectivity index (χ4v) is 4.31. The average Bonchev–Trinajstić information content (AvgIpc) is 3.26. The number of hydrogen-bond acceptors (Lipinski definition) is 3. The van der Waals surface area contributed by atoms with E-state index in [4.69, 9.17) is 4.74 Å². The molecule has 0 bridgehead atoms. The van der Waals surface area contributed by atoms with Crippen LogP contribution in [0.2, 0.25) is 0 Å². The second-order valence-electron chi connectivity index (χ2n) is 6.49. The van der Waals surface area contributed by atoms with Crippen LogP contribution in [-0.4, -0.2) is 35.9 Å². The molecule has 120 valence electrons. The van der Waals surface area contributed by atoms with Gasteiger partial charge in [0.25, 0.3) is 11.8 Å².